The Morgan fingerprint density at radius 3 is 2.44 bits per heavy atom. The molecule has 1 amide bonds. The zero-order valence-electron chi connectivity index (χ0n) is 18.2. The molecule has 2 N–H and O–H groups in total. The van der Waals surface area contributed by atoms with Crippen LogP contribution in [0.2, 0.25) is 0 Å². The fourth-order valence-electron chi connectivity index (χ4n) is 3.17. The van der Waals surface area contributed by atoms with Crippen molar-refractivity contribution >= 4 is 39.3 Å². The topological polar surface area (TPSA) is 105 Å². The molecule has 2 aromatic heterocycles. The number of pyridine rings is 1. The highest BCUT2D eigenvalue weighted by molar-refractivity contribution is 9.10. The quantitative estimate of drug-likeness (QED) is 0.190. The molecule has 0 aliphatic carbocycles. The lowest BCUT2D eigenvalue weighted by molar-refractivity contribution is -0.118. The van der Waals surface area contributed by atoms with Crippen molar-refractivity contribution in [1.82, 2.24) is 25.2 Å². The maximum atomic E-state index is 12.5. The Kier molecular flexibility index (Phi) is 7.71. The predicted octanol–water partition coefficient (Wildman–Crippen LogP) is 4.82. The zero-order chi connectivity index (χ0) is 23.9. The third-order valence-electron chi connectivity index (χ3n) is 4.84. The van der Waals surface area contributed by atoms with Gasteiger partial charge in [-0.1, -0.05) is 34.6 Å². The summed E-state index contributed by atoms with van der Waals surface area (Å²) in [5.74, 6) is 0.693. The van der Waals surface area contributed by atoms with E-state index < -0.39 is 0 Å². The predicted molar refractivity (Wildman–Crippen MR) is 136 cm³/mol. The first-order valence-electron chi connectivity index (χ1n) is 10.4. The van der Waals surface area contributed by atoms with Crippen LogP contribution in [0.25, 0.3) is 17.1 Å². The molecule has 0 bridgehead atoms. The van der Waals surface area contributed by atoms with Crippen LogP contribution in [0.5, 0.6) is 5.75 Å². The number of aromatic hydroxyl groups is 1. The molecule has 4 rings (SSSR count). The molecule has 0 fully saturated rings. The first-order valence-corrected chi connectivity index (χ1v) is 12.2. The van der Waals surface area contributed by atoms with E-state index in [2.05, 4.69) is 41.6 Å². The van der Waals surface area contributed by atoms with E-state index in [-0.39, 0.29) is 17.4 Å². The lowest BCUT2D eigenvalue weighted by Gasteiger charge is -2.10. The first-order chi connectivity index (χ1) is 16.5. The number of phenols is 1. The number of hydrogen-bond donors (Lipinski definition) is 2. The van der Waals surface area contributed by atoms with Gasteiger partial charge in [-0.25, -0.2) is 5.43 Å². The van der Waals surface area contributed by atoms with E-state index in [4.69, 9.17) is 0 Å². The Morgan fingerprint density at radius 1 is 1.06 bits per heavy atom. The number of amides is 1. The second-order valence-corrected chi connectivity index (χ2v) is 8.99. The summed E-state index contributed by atoms with van der Waals surface area (Å²) in [4.78, 5) is 16.6. The van der Waals surface area contributed by atoms with Crippen LogP contribution in [-0.2, 0) is 4.79 Å². The number of carbonyl (C=O) groups is 1. The van der Waals surface area contributed by atoms with Crippen molar-refractivity contribution < 1.29 is 9.90 Å². The molecule has 0 saturated heterocycles. The van der Waals surface area contributed by atoms with Gasteiger partial charge >= 0.3 is 0 Å². The highest BCUT2D eigenvalue weighted by Crippen LogP contribution is 2.28. The van der Waals surface area contributed by atoms with E-state index in [1.165, 1.54) is 11.8 Å². The Labute approximate surface area is 209 Å². The number of rotatable bonds is 8. The van der Waals surface area contributed by atoms with E-state index in [9.17, 15) is 9.90 Å². The van der Waals surface area contributed by atoms with Crippen LogP contribution in [0.3, 0.4) is 0 Å². The van der Waals surface area contributed by atoms with Crippen LogP contribution in [-0.4, -0.2) is 42.2 Å². The minimum absolute atomic E-state index is 0.112. The lowest BCUT2D eigenvalue weighted by Crippen LogP contribution is -2.22. The first kappa shape index (κ1) is 23.7. The number of thioether (sulfide) groups is 1. The minimum atomic E-state index is -0.259. The summed E-state index contributed by atoms with van der Waals surface area (Å²) in [6.07, 6.45) is 4.03. The highest BCUT2D eigenvalue weighted by Gasteiger charge is 2.17. The van der Waals surface area contributed by atoms with Crippen LogP contribution in [0.4, 0.5) is 0 Å². The van der Waals surface area contributed by atoms with Gasteiger partial charge in [0.1, 0.15) is 5.75 Å². The van der Waals surface area contributed by atoms with Crippen molar-refractivity contribution in [2.24, 2.45) is 5.10 Å². The van der Waals surface area contributed by atoms with Gasteiger partial charge < -0.3 is 5.11 Å². The molecule has 0 unspecified atom stereocenters. The molecule has 2 heterocycles. The maximum Gasteiger partial charge on any atom is 0.250 e. The molecule has 10 heteroatoms. The summed E-state index contributed by atoms with van der Waals surface area (Å²) < 4.78 is 2.87. The molecule has 0 aliphatic rings. The highest BCUT2D eigenvalue weighted by atomic mass is 79.9. The second kappa shape index (κ2) is 11.1. The number of aromatic nitrogens is 4. The van der Waals surface area contributed by atoms with Gasteiger partial charge in [0.25, 0.3) is 5.91 Å². The normalized spacial score (nSPS) is 11.4. The van der Waals surface area contributed by atoms with E-state index in [0.29, 0.717) is 17.4 Å². The number of hydrogen-bond acceptors (Lipinski definition) is 7. The third kappa shape index (κ3) is 5.70. The summed E-state index contributed by atoms with van der Waals surface area (Å²) >= 11 is 4.74. The van der Waals surface area contributed by atoms with E-state index >= 15 is 0 Å². The Balaban J connectivity index is 1.52. The minimum Gasteiger partial charge on any atom is -0.508 e. The van der Waals surface area contributed by atoms with Gasteiger partial charge in [0, 0.05) is 28.1 Å². The molecular weight excluding hydrogens is 516 g/mol. The monoisotopic (exact) mass is 536 g/mol. The summed E-state index contributed by atoms with van der Waals surface area (Å²) in [6, 6.07) is 18.2. The fourth-order valence-corrected chi connectivity index (χ4v) is 4.18. The lowest BCUT2D eigenvalue weighted by atomic mass is 10.1. The average molecular weight is 537 g/mol. The second-order valence-electron chi connectivity index (χ2n) is 7.14. The van der Waals surface area contributed by atoms with Gasteiger partial charge in [0.2, 0.25) is 0 Å². The van der Waals surface area contributed by atoms with E-state index in [1.807, 2.05) is 47.9 Å². The number of nitrogens with zero attached hydrogens (tertiary/aromatic N) is 5. The fraction of sp³-hybridized carbons (Fsp3) is 0.125. The number of halogens is 1. The molecule has 0 spiro atoms. The van der Waals surface area contributed by atoms with E-state index in [0.717, 1.165) is 27.0 Å². The molecule has 4 aromatic rings. The van der Waals surface area contributed by atoms with Crippen LogP contribution < -0.4 is 5.43 Å². The third-order valence-corrected chi connectivity index (χ3v) is 6.30. The van der Waals surface area contributed by atoms with Gasteiger partial charge in [0.05, 0.1) is 11.5 Å². The number of hydrazone groups is 1. The number of phenolic OH excluding ortho intramolecular Hbond substituents is 1. The SMILES string of the molecule is CCC(=NNC(=O)CSc1nnc(-c2ccncc2)n1-c1ccc(Br)cc1)c1ccc(O)cc1. The van der Waals surface area contributed by atoms with Crippen molar-refractivity contribution in [3.05, 3.63) is 83.1 Å². The van der Waals surface area contributed by atoms with Gasteiger partial charge in [-0.3, -0.25) is 14.3 Å². The molecule has 0 radical (unpaired) electrons. The molecule has 2 aromatic carbocycles. The number of carbonyl (C=O) groups excluding carboxylic acids is 1. The van der Waals surface area contributed by atoms with Crippen molar-refractivity contribution in [1.29, 1.82) is 0 Å². The van der Waals surface area contributed by atoms with Gasteiger partial charge in [0.15, 0.2) is 11.0 Å². The van der Waals surface area contributed by atoms with Crippen LogP contribution >= 0.6 is 27.7 Å². The largest absolute Gasteiger partial charge is 0.508 e. The van der Waals surface area contributed by atoms with Crippen molar-refractivity contribution in [3.8, 4) is 22.8 Å². The van der Waals surface area contributed by atoms with E-state index in [1.54, 1.807) is 36.7 Å². The standard InChI is InChI=1S/C24H21BrN6O2S/c1-2-21(16-3-9-20(32)10-4-16)27-28-22(33)15-34-24-30-29-23(17-11-13-26-14-12-17)31(24)19-7-5-18(25)6-8-19/h3-14,32H,2,15H2,1H3,(H,28,33). The van der Waals surface area contributed by atoms with Crippen LogP contribution in [0.15, 0.2) is 87.8 Å². The zero-order valence-corrected chi connectivity index (χ0v) is 20.6. The van der Waals surface area contributed by atoms with Gasteiger partial charge in [-0.05, 0) is 72.6 Å². The van der Waals surface area contributed by atoms with Crippen LogP contribution in [0, 0.1) is 0 Å². The van der Waals surface area contributed by atoms with Crippen LogP contribution in [0.1, 0.15) is 18.9 Å². The molecular formula is C24H21BrN6O2S. The molecule has 0 atom stereocenters. The average Bonchev–Trinajstić information content (AvgIpc) is 3.29. The van der Waals surface area contributed by atoms with Gasteiger partial charge in [-0.2, -0.15) is 5.10 Å². The van der Waals surface area contributed by atoms with Gasteiger partial charge in [-0.15, -0.1) is 10.2 Å². The smallest absolute Gasteiger partial charge is 0.250 e. The summed E-state index contributed by atoms with van der Waals surface area (Å²) in [5, 5.41) is 23.0. The molecule has 34 heavy (non-hydrogen) atoms. The summed E-state index contributed by atoms with van der Waals surface area (Å²) in [5.41, 5.74) is 5.92. The summed E-state index contributed by atoms with van der Waals surface area (Å²) in [6.45, 7) is 1.95. The molecule has 172 valence electrons. The van der Waals surface area contributed by atoms with Crippen molar-refractivity contribution in [2.75, 3.05) is 5.75 Å². The number of nitrogens with one attached hydrogen (secondary N) is 1. The Bertz CT molecular complexity index is 1290. The van der Waals surface area contributed by atoms with Crippen molar-refractivity contribution in [3.63, 3.8) is 0 Å². The molecule has 0 aliphatic heterocycles. The Morgan fingerprint density at radius 2 is 1.76 bits per heavy atom. The number of benzene rings is 2. The Hall–Kier alpha value is -3.50. The van der Waals surface area contributed by atoms with Crippen molar-refractivity contribution in [2.45, 2.75) is 18.5 Å². The summed E-state index contributed by atoms with van der Waals surface area (Å²) in [7, 11) is 0. The molecule has 0 saturated carbocycles. The maximum absolute atomic E-state index is 12.5. The molecule has 8 nitrogen and oxygen atoms in total.